The van der Waals surface area contributed by atoms with Gasteiger partial charge >= 0.3 is 0 Å². The van der Waals surface area contributed by atoms with Gasteiger partial charge in [-0.3, -0.25) is 0 Å². The number of hydrogen-bond acceptors (Lipinski definition) is 0. The Morgan fingerprint density at radius 1 is 0.265 bits per heavy atom. The highest BCUT2D eigenvalue weighted by molar-refractivity contribution is 6.28. The van der Waals surface area contributed by atoms with Crippen molar-refractivity contribution in [3.05, 3.63) is 66.8 Å². The van der Waals surface area contributed by atoms with Gasteiger partial charge in [-0.1, -0.05) is 27.7 Å². The van der Waals surface area contributed by atoms with Crippen LogP contribution in [0.3, 0.4) is 0 Å². The van der Waals surface area contributed by atoms with E-state index in [1.807, 2.05) is 0 Å². The SMILES string of the molecule is Cc1c(C)c(C)c2c(c1C)c(C)c1c3c(c(C)c4c(C)c(C)c(C)c(C)c4c32)C(C)(C)C1(C)C. The molecule has 0 unspecified atom stereocenters. The van der Waals surface area contributed by atoms with E-state index in [1.165, 1.54) is 82.6 Å². The fraction of sp³-hybridized carbons (Fsp3) is 0.471. The van der Waals surface area contributed by atoms with Crippen molar-refractivity contribution >= 4 is 32.3 Å². The Morgan fingerprint density at radius 3 is 0.824 bits per heavy atom. The van der Waals surface area contributed by atoms with Crippen molar-refractivity contribution in [2.75, 3.05) is 0 Å². The fourth-order valence-electron chi connectivity index (χ4n) is 7.75. The molecule has 0 saturated carbocycles. The van der Waals surface area contributed by atoms with Gasteiger partial charge in [-0.15, -0.1) is 0 Å². The van der Waals surface area contributed by atoms with Gasteiger partial charge in [0.15, 0.2) is 0 Å². The van der Waals surface area contributed by atoms with Crippen LogP contribution >= 0.6 is 0 Å². The Labute approximate surface area is 206 Å². The minimum absolute atomic E-state index is 0.0546. The molecule has 0 heteroatoms. The highest BCUT2D eigenvalue weighted by Crippen LogP contribution is 2.60. The van der Waals surface area contributed by atoms with Crippen LogP contribution in [0.4, 0.5) is 0 Å². The maximum absolute atomic E-state index is 2.49. The molecule has 1 aliphatic carbocycles. The molecule has 5 rings (SSSR count). The van der Waals surface area contributed by atoms with Gasteiger partial charge in [-0.2, -0.15) is 0 Å². The highest BCUT2D eigenvalue weighted by Gasteiger charge is 2.50. The second-order valence-electron chi connectivity index (χ2n) is 12.5. The molecule has 0 bridgehead atoms. The van der Waals surface area contributed by atoms with Gasteiger partial charge in [0.1, 0.15) is 0 Å². The molecule has 0 fully saturated rings. The normalized spacial score (nSPS) is 16.4. The van der Waals surface area contributed by atoms with Crippen LogP contribution in [0.25, 0.3) is 32.3 Å². The highest BCUT2D eigenvalue weighted by atomic mass is 14.5. The van der Waals surface area contributed by atoms with Gasteiger partial charge in [-0.05, 0) is 179 Å². The predicted molar refractivity (Wildman–Crippen MR) is 152 cm³/mol. The van der Waals surface area contributed by atoms with Crippen LogP contribution in [0.1, 0.15) is 94.5 Å². The van der Waals surface area contributed by atoms with Crippen LogP contribution in [-0.2, 0) is 10.8 Å². The maximum atomic E-state index is 2.49. The van der Waals surface area contributed by atoms with E-state index < -0.39 is 0 Å². The number of fused-ring (bicyclic) bond motifs is 4. The first-order valence-electron chi connectivity index (χ1n) is 13.0. The largest absolute Gasteiger partial charge is 0.0549 e. The van der Waals surface area contributed by atoms with E-state index in [1.54, 1.807) is 16.5 Å². The monoisotopic (exact) mass is 450 g/mol. The van der Waals surface area contributed by atoms with Crippen molar-refractivity contribution in [1.29, 1.82) is 0 Å². The Kier molecular flexibility index (Phi) is 4.58. The van der Waals surface area contributed by atoms with Crippen LogP contribution < -0.4 is 0 Å². The summed E-state index contributed by atoms with van der Waals surface area (Å²) in [4.78, 5) is 0. The van der Waals surface area contributed by atoms with E-state index in [9.17, 15) is 0 Å². The number of aryl methyl sites for hydroxylation is 6. The quantitative estimate of drug-likeness (QED) is 0.234. The standard InChI is InChI=1S/C34H42/c1-15-17(3)21(7)27-25(19(15)5)23(9)31-30-29(27)28-22(8)18(4)16(2)20(6)26(28)24(10)32(30)34(13,14)33(31,11)12/h1-14H3. The summed E-state index contributed by atoms with van der Waals surface area (Å²) in [7, 11) is 0. The molecule has 1 aliphatic rings. The molecule has 0 heterocycles. The van der Waals surface area contributed by atoms with Crippen molar-refractivity contribution in [3.63, 3.8) is 0 Å². The van der Waals surface area contributed by atoms with E-state index in [0.29, 0.717) is 0 Å². The smallest absolute Gasteiger partial charge is 0.000262 e. The summed E-state index contributed by atoms with van der Waals surface area (Å²) in [5.41, 5.74) is 17.9. The summed E-state index contributed by atoms with van der Waals surface area (Å²) in [6.07, 6.45) is 0. The molecular weight excluding hydrogens is 408 g/mol. The van der Waals surface area contributed by atoms with Gasteiger partial charge in [0.25, 0.3) is 0 Å². The van der Waals surface area contributed by atoms with Crippen LogP contribution in [0, 0.1) is 69.2 Å². The van der Waals surface area contributed by atoms with Crippen molar-refractivity contribution < 1.29 is 0 Å². The van der Waals surface area contributed by atoms with Gasteiger partial charge in [0, 0.05) is 0 Å². The molecule has 0 saturated heterocycles. The molecule has 4 aromatic carbocycles. The number of benzene rings is 4. The summed E-state index contributed by atoms with van der Waals surface area (Å²) in [6.45, 7) is 33.5. The molecule has 0 spiro atoms. The van der Waals surface area contributed by atoms with Crippen LogP contribution in [0.5, 0.6) is 0 Å². The molecule has 4 aromatic rings. The van der Waals surface area contributed by atoms with E-state index in [-0.39, 0.29) is 10.8 Å². The van der Waals surface area contributed by atoms with E-state index in [2.05, 4.69) is 96.9 Å². The molecular formula is C34H42. The minimum atomic E-state index is 0.0546. The topological polar surface area (TPSA) is 0 Å². The van der Waals surface area contributed by atoms with Crippen molar-refractivity contribution in [3.8, 4) is 0 Å². The number of hydrogen-bond donors (Lipinski definition) is 0. The predicted octanol–water partition coefficient (Wildman–Crippen LogP) is 9.80. The van der Waals surface area contributed by atoms with E-state index >= 15 is 0 Å². The van der Waals surface area contributed by atoms with Crippen molar-refractivity contribution in [2.24, 2.45) is 0 Å². The maximum Gasteiger partial charge on any atom is -0.000262 e. The average molecular weight is 451 g/mol. The molecule has 0 atom stereocenters. The van der Waals surface area contributed by atoms with E-state index in [4.69, 9.17) is 0 Å². The second kappa shape index (κ2) is 6.66. The summed E-state index contributed by atoms with van der Waals surface area (Å²) < 4.78 is 0. The molecule has 34 heavy (non-hydrogen) atoms. The Bertz CT molecular complexity index is 1500. The van der Waals surface area contributed by atoms with Crippen LogP contribution in [0.15, 0.2) is 0 Å². The zero-order valence-electron chi connectivity index (χ0n) is 24.0. The third kappa shape index (κ3) is 2.31. The third-order valence-electron chi connectivity index (χ3n) is 10.9. The lowest BCUT2D eigenvalue weighted by atomic mass is 9.65. The lowest BCUT2D eigenvalue weighted by Gasteiger charge is -2.38. The first-order chi connectivity index (χ1) is 15.6. The first kappa shape index (κ1) is 23.4. The summed E-state index contributed by atoms with van der Waals surface area (Å²) >= 11 is 0. The molecule has 0 radical (unpaired) electrons. The molecule has 0 N–H and O–H groups in total. The minimum Gasteiger partial charge on any atom is -0.0549 e. The summed E-state index contributed by atoms with van der Waals surface area (Å²) in [5.74, 6) is 0. The van der Waals surface area contributed by atoms with Crippen LogP contribution in [-0.4, -0.2) is 0 Å². The summed E-state index contributed by atoms with van der Waals surface area (Å²) in [5, 5.41) is 9.09. The van der Waals surface area contributed by atoms with Gasteiger partial charge < -0.3 is 0 Å². The lowest BCUT2D eigenvalue weighted by Crippen LogP contribution is -2.36. The third-order valence-corrected chi connectivity index (χ3v) is 10.9. The summed E-state index contributed by atoms with van der Waals surface area (Å²) in [6, 6.07) is 0. The molecule has 178 valence electrons. The fourth-order valence-corrected chi connectivity index (χ4v) is 7.75. The van der Waals surface area contributed by atoms with E-state index in [0.717, 1.165) is 0 Å². The molecule has 0 amide bonds. The first-order valence-corrected chi connectivity index (χ1v) is 13.0. The number of rotatable bonds is 0. The molecule has 0 nitrogen and oxygen atoms in total. The van der Waals surface area contributed by atoms with Crippen molar-refractivity contribution in [1.82, 2.24) is 0 Å². The second-order valence-corrected chi connectivity index (χ2v) is 12.5. The lowest BCUT2D eigenvalue weighted by molar-refractivity contribution is 0.320. The molecule has 0 aromatic heterocycles. The Morgan fingerprint density at radius 2 is 0.529 bits per heavy atom. The van der Waals surface area contributed by atoms with Gasteiger partial charge in [0.05, 0.1) is 0 Å². The Hall–Kier alpha value is -2.34. The zero-order chi connectivity index (χ0) is 25.4. The van der Waals surface area contributed by atoms with Gasteiger partial charge in [-0.25, -0.2) is 0 Å². The zero-order valence-corrected chi connectivity index (χ0v) is 24.0. The van der Waals surface area contributed by atoms with Gasteiger partial charge in [0.2, 0.25) is 0 Å². The Balaban J connectivity index is 2.37. The van der Waals surface area contributed by atoms with Crippen LogP contribution in [0.2, 0.25) is 0 Å². The average Bonchev–Trinajstić information content (AvgIpc) is 2.93. The van der Waals surface area contributed by atoms with Crippen molar-refractivity contribution in [2.45, 2.75) is 108 Å². The molecule has 0 aliphatic heterocycles.